The van der Waals surface area contributed by atoms with E-state index in [4.69, 9.17) is 34.8 Å². The van der Waals surface area contributed by atoms with E-state index < -0.39 is 0 Å². The van der Waals surface area contributed by atoms with E-state index in [-0.39, 0.29) is 111 Å². The maximum absolute atomic E-state index is 7.90. The summed E-state index contributed by atoms with van der Waals surface area (Å²) in [6.07, 6.45) is 0.957. The van der Waals surface area contributed by atoms with Crippen LogP contribution in [0.5, 0.6) is 0 Å². The third-order valence-corrected chi connectivity index (χ3v) is 22.7. The number of benzene rings is 12. The molecular formula is C109H133Cl3KN3. The fourth-order valence-electron chi connectivity index (χ4n) is 14.2. The van der Waals surface area contributed by atoms with Crippen molar-refractivity contribution in [2.24, 2.45) is 0 Å². The molecule has 0 aromatic heterocycles. The summed E-state index contributed by atoms with van der Waals surface area (Å²) in [6, 6.07) is 97.4. The number of anilines is 9. The predicted octanol–water partition coefficient (Wildman–Crippen LogP) is 31.7. The van der Waals surface area contributed by atoms with Crippen LogP contribution in [-0.2, 0) is 49.7 Å². The van der Waals surface area contributed by atoms with Crippen molar-refractivity contribution in [3.05, 3.63) is 349 Å². The van der Waals surface area contributed by atoms with E-state index in [0.717, 1.165) is 79.9 Å². The Balaban J connectivity index is 0.000000295. The Hall–Kier alpha value is -7.45. The summed E-state index contributed by atoms with van der Waals surface area (Å²) in [5.74, 6) is 0. The molecular weight excluding hydrogens is 1500 g/mol. The van der Waals surface area contributed by atoms with Crippen molar-refractivity contribution in [3.63, 3.8) is 0 Å². The van der Waals surface area contributed by atoms with E-state index in [1.165, 1.54) is 66.8 Å². The van der Waals surface area contributed by atoms with Crippen molar-refractivity contribution in [2.75, 3.05) is 14.7 Å². The Morgan fingerprint density at radius 3 is 0.819 bits per heavy atom. The maximum Gasteiger partial charge on any atom is 1.00 e. The summed E-state index contributed by atoms with van der Waals surface area (Å²) in [6.45, 7) is 58.4. The molecule has 606 valence electrons. The molecule has 0 saturated heterocycles. The Kier molecular flexibility index (Phi) is 31.6. The van der Waals surface area contributed by atoms with Crippen molar-refractivity contribution in [3.8, 4) is 22.3 Å². The van der Waals surface area contributed by atoms with Gasteiger partial charge < -0.3 is 16.1 Å². The Labute approximate surface area is 761 Å². The van der Waals surface area contributed by atoms with Crippen LogP contribution in [0.1, 0.15) is 249 Å². The first-order valence-corrected chi connectivity index (χ1v) is 41.5. The molecule has 0 bridgehead atoms. The van der Waals surface area contributed by atoms with Crippen molar-refractivity contribution < 1.29 is 52.8 Å². The molecule has 12 aromatic carbocycles. The van der Waals surface area contributed by atoms with Crippen LogP contribution in [0.25, 0.3) is 22.3 Å². The fourth-order valence-corrected chi connectivity index (χ4v) is 15.0. The van der Waals surface area contributed by atoms with Gasteiger partial charge in [-0.25, -0.2) is 0 Å². The zero-order valence-electron chi connectivity index (χ0n) is 74.6. The van der Waals surface area contributed by atoms with Gasteiger partial charge in [-0.3, -0.25) is 0 Å². The molecule has 0 unspecified atom stereocenters. The summed E-state index contributed by atoms with van der Waals surface area (Å²) in [5, 5.41) is 1.80. The van der Waals surface area contributed by atoms with E-state index in [1.807, 2.05) is 13.0 Å². The third kappa shape index (κ3) is 24.0. The number of halogens is 3. The van der Waals surface area contributed by atoms with Gasteiger partial charge in [0, 0.05) is 34.0 Å². The minimum atomic E-state index is -0.0268. The van der Waals surface area contributed by atoms with E-state index in [1.54, 1.807) is 0 Å². The maximum atomic E-state index is 7.90. The molecule has 12 rings (SSSR count). The van der Waals surface area contributed by atoms with E-state index >= 15 is 0 Å². The average molecular weight is 1630 g/mol. The van der Waals surface area contributed by atoms with Gasteiger partial charge in [0.05, 0.1) is 37.8 Å². The largest absolute Gasteiger partial charge is 1.00 e. The zero-order valence-corrected chi connectivity index (χ0v) is 79.0. The van der Waals surface area contributed by atoms with Crippen LogP contribution in [0.15, 0.2) is 267 Å². The molecule has 0 saturated carbocycles. The predicted molar refractivity (Wildman–Crippen MR) is 512 cm³/mol. The smallest absolute Gasteiger partial charge is 1.00 e. The SMILES string of the molecule is C.C.CC(C)(C)c1ccc(Cc2ccc(C(C)(C)C)cc2-c2ccccc2)cc1.Cc1cc(Cl)c(Cl)c(N(c2ccc(C(C)(C)C)cc2)c2ccc(C(C)(C)C)cc2)c1.Cc1cc(N(c2ccc(C(C)(C)C)cc2)c2ccc(C(C)(C)C)cc2)c(Cl)c(N(c2ccc(C(C)(C)C)cc2)c2ccc(C(C)(C)C)cc2-c2ccccc2)c1.[H-].[K+]. The molecule has 0 heterocycles. The summed E-state index contributed by atoms with van der Waals surface area (Å²) in [4.78, 5) is 6.86. The fraction of sp³-hybridized carbons (Fsp3) is 0.339. The van der Waals surface area contributed by atoms with Crippen molar-refractivity contribution >= 4 is 86.0 Å². The van der Waals surface area contributed by atoms with Crippen LogP contribution in [0.3, 0.4) is 0 Å². The molecule has 0 aliphatic rings. The average Bonchev–Trinajstić information content (AvgIpc) is 0.750. The van der Waals surface area contributed by atoms with Gasteiger partial charge in [-0.2, -0.15) is 0 Å². The van der Waals surface area contributed by atoms with Crippen LogP contribution in [-0.4, -0.2) is 0 Å². The molecule has 0 aliphatic carbocycles. The summed E-state index contributed by atoms with van der Waals surface area (Å²) >= 11 is 21.0. The first-order chi connectivity index (χ1) is 52.6. The number of rotatable bonds is 13. The summed E-state index contributed by atoms with van der Waals surface area (Å²) < 4.78 is 0. The van der Waals surface area contributed by atoms with Gasteiger partial charge >= 0.3 is 51.4 Å². The van der Waals surface area contributed by atoms with Crippen LogP contribution in [0, 0.1) is 13.8 Å². The third-order valence-electron chi connectivity index (χ3n) is 21.5. The second-order valence-corrected chi connectivity index (χ2v) is 40.3. The molecule has 12 aromatic rings. The van der Waals surface area contributed by atoms with Gasteiger partial charge in [-0.05, 0) is 244 Å². The zero-order chi connectivity index (χ0) is 82.7. The van der Waals surface area contributed by atoms with Gasteiger partial charge in [-0.15, -0.1) is 0 Å². The van der Waals surface area contributed by atoms with Crippen LogP contribution in [0.2, 0.25) is 15.1 Å². The molecule has 0 N–H and O–H groups in total. The molecule has 0 aliphatic heterocycles. The van der Waals surface area contributed by atoms with Gasteiger partial charge in [0.1, 0.15) is 0 Å². The molecule has 7 heteroatoms. The quantitative estimate of drug-likeness (QED) is 0.107. The Morgan fingerprint density at radius 1 is 0.250 bits per heavy atom. The molecule has 116 heavy (non-hydrogen) atoms. The number of nitrogens with zero attached hydrogens (tertiary/aromatic N) is 3. The Morgan fingerprint density at radius 2 is 0.500 bits per heavy atom. The normalized spacial score (nSPS) is 12.0. The van der Waals surface area contributed by atoms with Crippen molar-refractivity contribution in [1.82, 2.24) is 0 Å². The first kappa shape index (κ1) is 95.7. The minimum absolute atomic E-state index is 0. The summed E-state index contributed by atoms with van der Waals surface area (Å²) in [7, 11) is 0. The molecule has 0 amide bonds. The van der Waals surface area contributed by atoms with E-state index in [2.05, 4.69) is 449 Å². The number of hydrogen-bond acceptors (Lipinski definition) is 3. The molecule has 0 atom stereocenters. The van der Waals surface area contributed by atoms with Gasteiger partial charge in [0.25, 0.3) is 0 Å². The number of aryl methyl sites for hydroxylation is 2. The number of hydrogen-bond donors (Lipinski definition) is 0. The van der Waals surface area contributed by atoms with Gasteiger partial charge in [-0.1, -0.05) is 386 Å². The van der Waals surface area contributed by atoms with Crippen LogP contribution in [0.4, 0.5) is 51.2 Å². The molecule has 0 spiro atoms. The standard InChI is InChI=1S/C53H61ClN2.C27H31Cl2N.C27H32.2CH4.K.H/c1-36-33-47(55(42-26-19-38(20-27-42)50(2,3)4)43-28-21-39(22-29-43)51(5,6)7)49(54)48(34-36)56(44-30-23-40(24-31-44)52(8,9)10)46-32-25-41(53(11,12)13)35-45(46)37-17-15-14-16-18-37;1-18-16-23(28)25(29)24(17-18)30(21-12-8-19(9-13-21)26(2,3)4)22-14-10-20(11-15-22)27(5,6)7;1-26(2,3)23-15-12-20(13-16-23)18-22-14-17-24(27(4,5)6)19-25(22)21-10-8-7-9-11-21;;;;/h14-35H,1-13H3;8-17H,1-7H3;7-17,19H,18H2,1-6H3;2*1H4;;/q;;;;;+1;-1. The van der Waals surface area contributed by atoms with Crippen molar-refractivity contribution in [2.45, 2.75) is 245 Å². The minimum Gasteiger partial charge on any atom is -1.00 e. The first-order valence-electron chi connectivity index (χ1n) is 40.3. The second-order valence-electron chi connectivity index (χ2n) is 39.1. The molecule has 3 nitrogen and oxygen atoms in total. The van der Waals surface area contributed by atoms with E-state index in [9.17, 15) is 0 Å². The second kappa shape index (κ2) is 38.3. The van der Waals surface area contributed by atoms with Crippen LogP contribution >= 0.6 is 34.8 Å². The molecule has 0 radical (unpaired) electrons. The van der Waals surface area contributed by atoms with E-state index in [0.29, 0.717) is 15.1 Å². The summed E-state index contributed by atoms with van der Waals surface area (Å²) in [5.41, 5.74) is 30.1. The van der Waals surface area contributed by atoms with Gasteiger partial charge in [0.2, 0.25) is 0 Å². The molecule has 0 fully saturated rings. The van der Waals surface area contributed by atoms with Crippen LogP contribution < -0.4 is 66.1 Å². The topological polar surface area (TPSA) is 9.72 Å². The monoisotopic (exact) mass is 1630 g/mol. The Bertz CT molecular complexity index is 5070. The van der Waals surface area contributed by atoms with Gasteiger partial charge in [0.15, 0.2) is 0 Å². The van der Waals surface area contributed by atoms with Crippen molar-refractivity contribution in [1.29, 1.82) is 0 Å².